The number of nitrogens with one attached hydrogen (secondary N) is 2. The number of rotatable bonds is 7. The summed E-state index contributed by atoms with van der Waals surface area (Å²) in [7, 11) is 0. The number of hydrogen-bond donors (Lipinski definition) is 4. The Morgan fingerprint density at radius 3 is 2.71 bits per heavy atom. The Bertz CT molecular complexity index is 1280. The van der Waals surface area contributed by atoms with Gasteiger partial charge in [-0.3, -0.25) is 10.1 Å². The zero-order chi connectivity index (χ0) is 24.8. The highest BCUT2D eigenvalue weighted by Gasteiger charge is 2.21. The Labute approximate surface area is 209 Å². The molecule has 180 valence electrons. The molecule has 2 amide bonds. The molecule has 0 fully saturated rings. The first-order chi connectivity index (χ1) is 16.9. The minimum atomic E-state index is -0.882. The van der Waals surface area contributed by atoms with Gasteiger partial charge in [0, 0.05) is 28.2 Å². The quantitative estimate of drug-likeness (QED) is 0.235. The standard InChI is InChI=1S/C25H22BrN3O6/c26-15-8-10-20(30)17(12-15)21(6-3-7-24(31)29-19-5-2-1-4-18(19)27)35-25(32)28-16-9-11-22-23(13-16)34-14-33-22/h1-5,7-13,21,30H,6,14,27H2,(H,28,32)(H,29,31)/b7-3+/t21-/m1/s1. The SMILES string of the molecule is Nc1ccccc1NC(=O)/C=C/C[C@@H](OC(=O)Nc1ccc2c(c1)OCO2)c1cc(Br)ccc1O. The van der Waals surface area contributed by atoms with Crippen molar-refractivity contribution in [2.24, 2.45) is 0 Å². The second-order valence-corrected chi connectivity index (χ2v) is 8.42. The molecule has 1 aliphatic heterocycles. The van der Waals surface area contributed by atoms with E-state index in [0.29, 0.717) is 38.6 Å². The van der Waals surface area contributed by atoms with Crippen molar-refractivity contribution in [1.29, 1.82) is 0 Å². The van der Waals surface area contributed by atoms with Crippen LogP contribution in [-0.2, 0) is 9.53 Å². The van der Waals surface area contributed by atoms with E-state index in [4.69, 9.17) is 19.9 Å². The molecule has 9 nitrogen and oxygen atoms in total. The fraction of sp³-hybridized carbons (Fsp3) is 0.120. The highest BCUT2D eigenvalue weighted by molar-refractivity contribution is 9.10. The van der Waals surface area contributed by atoms with E-state index in [-0.39, 0.29) is 19.0 Å². The van der Waals surface area contributed by atoms with Gasteiger partial charge in [0.2, 0.25) is 12.7 Å². The first-order valence-corrected chi connectivity index (χ1v) is 11.4. The number of para-hydroxylation sites is 2. The van der Waals surface area contributed by atoms with Crippen molar-refractivity contribution in [3.8, 4) is 17.2 Å². The molecule has 5 N–H and O–H groups in total. The molecule has 1 aliphatic rings. The van der Waals surface area contributed by atoms with E-state index >= 15 is 0 Å². The smallest absolute Gasteiger partial charge is 0.412 e. The van der Waals surface area contributed by atoms with Gasteiger partial charge < -0.3 is 30.4 Å². The molecule has 0 saturated heterocycles. The summed E-state index contributed by atoms with van der Waals surface area (Å²) < 4.78 is 16.9. The molecule has 0 radical (unpaired) electrons. The van der Waals surface area contributed by atoms with E-state index in [1.807, 2.05) is 0 Å². The summed E-state index contributed by atoms with van der Waals surface area (Å²) in [5.74, 6) is 0.646. The Kier molecular flexibility index (Phi) is 7.41. The summed E-state index contributed by atoms with van der Waals surface area (Å²) in [6, 6.07) is 16.6. The number of amides is 2. The highest BCUT2D eigenvalue weighted by Crippen LogP contribution is 2.35. The average molecular weight is 540 g/mol. The number of nitrogen functional groups attached to an aromatic ring is 1. The minimum Gasteiger partial charge on any atom is -0.508 e. The second-order valence-electron chi connectivity index (χ2n) is 7.50. The number of aromatic hydroxyl groups is 1. The summed E-state index contributed by atoms with van der Waals surface area (Å²) in [5, 5.41) is 15.7. The zero-order valence-electron chi connectivity index (χ0n) is 18.4. The number of fused-ring (bicyclic) bond motifs is 1. The lowest BCUT2D eigenvalue weighted by Crippen LogP contribution is -2.17. The van der Waals surface area contributed by atoms with Crippen molar-refractivity contribution in [3.05, 3.63) is 82.9 Å². The fourth-order valence-electron chi connectivity index (χ4n) is 3.36. The van der Waals surface area contributed by atoms with E-state index < -0.39 is 18.1 Å². The topological polar surface area (TPSA) is 132 Å². The Morgan fingerprint density at radius 2 is 1.89 bits per heavy atom. The summed E-state index contributed by atoms with van der Waals surface area (Å²) in [6.45, 7) is 0.115. The summed E-state index contributed by atoms with van der Waals surface area (Å²) in [4.78, 5) is 25.0. The monoisotopic (exact) mass is 539 g/mol. The van der Waals surface area contributed by atoms with Crippen LogP contribution in [0.1, 0.15) is 18.1 Å². The normalized spacial score (nSPS) is 12.8. The molecule has 0 aromatic heterocycles. The van der Waals surface area contributed by atoms with E-state index in [1.165, 1.54) is 12.1 Å². The Balaban J connectivity index is 1.45. The van der Waals surface area contributed by atoms with E-state index in [0.717, 1.165) is 0 Å². The molecule has 0 aliphatic carbocycles. The van der Waals surface area contributed by atoms with Crippen LogP contribution in [0.15, 0.2) is 77.3 Å². The molecule has 0 saturated carbocycles. The van der Waals surface area contributed by atoms with Crippen LogP contribution in [0.2, 0.25) is 0 Å². The maximum Gasteiger partial charge on any atom is 0.412 e. The van der Waals surface area contributed by atoms with Crippen LogP contribution in [0.25, 0.3) is 0 Å². The largest absolute Gasteiger partial charge is 0.508 e. The van der Waals surface area contributed by atoms with Crippen molar-refractivity contribution in [3.63, 3.8) is 0 Å². The van der Waals surface area contributed by atoms with Crippen LogP contribution in [0.3, 0.4) is 0 Å². The second kappa shape index (κ2) is 10.8. The maximum atomic E-state index is 12.7. The Hall–Kier alpha value is -4.18. The van der Waals surface area contributed by atoms with E-state index in [2.05, 4.69) is 26.6 Å². The van der Waals surface area contributed by atoms with Gasteiger partial charge in [-0.15, -0.1) is 0 Å². The number of phenolic OH excluding ortho intramolecular Hbond substituents is 1. The third-order valence-corrected chi connectivity index (χ3v) is 5.54. The molecule has 1 heterocycles. The van der Waals surface area contributed by atoms with Gasteiger partial charge >= 0.3 is 6.09 Å². The fourth-order valence-corrected chi connectivity index (χ4v) is 3.74. The lowest BCUT2D eigenvalue weighted by atomic mass is 10.0. The van der Waals surface area contributed by atoms with Crippen molar-refractivity contribution in [2.45, 2.75) is 12.5 Å². The molecule has 1 atom stereocenters. The maximum absolute atomic E-state index is 12.7. The third kappa shape index (κ3) is 6.24. The van der Waals surface area contributed by atoms with Gasteiger partial charge in [-0.05, 0) is 48.5 Å². The van der Waals surface area contributed by atoms with Gasteiger partial charge in [-0.2, -0.15) is 0 Å². The predicted molar refractivity (Wildman–Crippen MR) is 134 cm³/mol. The molecule has 4 rings (SSSR count). The number of benzene rings is 3. The first-order valence-electron chi connectivity index (χ1n) is 10.6. The lowest BCUT2D eigenvalue weighted by Gasteiger charge is -2.19. The van der Waals surface area contributed by atoms with Gasteiger partial charge in [0.25, 0.3) is 0 Å². The van der Waals surface area contributed by atoms with E-state index in [1.54, 1.807) is 60.7 Å². The van der Waals surface area contributed by atoms with Crippen molar-refractivity contribution >= 4 is 45.0 Å². The van der Waals surface area contributed by atoms with Crippen LogP contribution >= 0.6 is 15.9 Å². The minimum absolute atomic E-state index is 0.0519. The summed E-state index contributed by atoms with van der Waals surface area (Å²) >= 11 is 3.36. The van der Waals surface area contributed by atoms with E-state index in [9.17, 15) is 14.7 Å². The third-order valence-electron chi connectivity index (χ3n) is 5.04. The molecular weight excluding hydrogens is 518 g/mol. The van der Waals surface area contributed by atoms with Crippen LogP contribution in [0.4, 0.5) is 21.9 Å². The van der Waals surface area contributed by atoms with Gasteiger partial charge in [0.15, 0.2) is 11.5 Å². The number of halogens is 1. The molecule has 0 spiro atoms. The highest BCUT2D eigenvalue weighted by atomic mass is 79.9. The van der Waals surface area contributed by atoms with Gasteiger partial charge in [0.05, 0.1) is 11.4 Å². The Morgan fingerprint density at radius 1 is 1.09 bits per heavy atom. The number of hydrogen-bond acceptors (Lipinski definition) is 7. The molecule has 3 aromatic rings. The zero-order valence-corrected chi connectivity index (χ0v) is 19.9. The number of nitrogens with two attached hydrogens (primary N) is 1. The van der Waals surface area contributed by atoms with Gasteiger partial charge in [-0.25, -0.2) is 4.79 Å². The number of anilines is 3. The number of carbonyl (C=O) groups is 2. The van der Waals surface area contributed by atoms with Crippen molar-refractivity contribution in [1.82, 2.24) is 0 Å². The molecule has 0 unspecified atom stereocenters. The first kappa shape index (κ1) is 24.0. The van der Waals surface area contributed by atoms with Crippen molar-refractivity contribution in [2.75, 3.05) is 23.2 Å². The number of ether oxygens (including phenoxy) is 3. The molecule has 35 heavy (non-hydrogen) atoms. The van der Waals surface area contributed by atoms with Crippen LogP contribution < -0.4 is 25.8 Å². The summed E-state index contributed by atoms with van der Waals surface area (Å²) in [6.07, 6.45) is 1.35. The van der Waals surface area contributed by atoms with Crippen LogP contribution in [0, 0.1) is 0 Å². The number of phenols is 1. The van der Waals surface area contributed by atoms with Crippen LogP contribution in [0.5, 0.6) is 17.2 Å². The summed E-state index contributed by atoms with van der Waals surface area (Å²) in [5.41, 5.74) is 7.60. The van der Waals surface area contributed by atoms with Crippen molar-refractivity contribution < 1.29 is 28.9 Å². The number of carbonyl (C=O) groups excluding carboxylic acids is 2. The predicted octanol–water partition coefficient (Wildman–Crippen LogP) is 5.34. The average Bonchev–Trinajstić information content (AvgIpc) is 3.29. The molecular formula is C25H22BrN3O6. The lowest BCUT2D eigenvalue weighted by molar-refractivity contribution is -0.111. The molecule has 0 bridgehead atoms. The van der Waals surface area contributed by atoms with Gasteiger partial charge in [0.1, 0.15) is 11.9 Å². The van der Waals surface area contributed by atoms with Gasteiger partial charge in [-0.1, -0.05) is 34.1 Å². The molecule has 3 aromatic carbocycles. The molecule has 10 heteroatoms. The van der Waals surface area contributed by atoms with Crippen LogP contribution in [-0.4, -0.2) is 23.9 Å².